The summed E-state index contributed by atoms with van der Waals surface area (Å²) in [5.74, 6) is 2.48. The molecule has 0 amide bonds. The Hall–Kier alpha value is -0.510. The van der Waals surface area contributed by atoms with E-state index in [1.807, 2.05) is 0 Å². The molecule has 0 aromatic heterocycles. The average molecular weight is 264 g/mol. The Morgan fingerprint density at radius 3 is 2.67 bits per heavy atom. The lowest BCUT2D eigenvalue weighted by Crippen LogP contribution is -2.47. The molecule has 1 aliphatic heterocycles. The number of aryl methyl sites for hydroxylation is 1. The molecular formula is C15H24N2S. The van der Waals surface area contributed by atoms with Crippen molar-refractivity contribution in [3.8, 4) is 0 Å². The van der Waals surface area contributed by atoms with Crippen LogP contribution in [0, 0.1) is 0 Å². The van der Waals surface area contributed by atoms with Crippen LogP contribution in [-0.2, 0) is 6.42 Å². The highest BCUT2D eigenvalue weighted by Crippen LogP contribution is 2.26. The van der Waals surface area contributed by atoms with Crippen LogP contribution in [0.3, 0.4) is 0 Å². The quantitative estimate of drug-likeness (QED) is 0.900. The van der Waals surface area contributed by atoms with Gasteiger partial charge in [-0.15, -0.1) is 0 Å². The van der Waals surface area contributed by atoms with Gasteiger partial charge in [0.25, 0.3) is 0 Å². The number of rotatable bonds is 4. The van der Waals surface area contributed by atoms with Crippen LogP contribution in [0.15, 0.2) is 24.3 Å². The molecule has 0 saturated carbocycles. The van der Waals surface area contributed by atoms with Gasteiger partial charge in [0, 0.05) is 30.1 Å². The topological polar surface area (TPSA) is 15.3 Å². The van der Waals surface area contributed by atoms with Crippen LogP contribution in [0.1, 0.15) is 24.1 Å². The molecule has 1 N–H and O–H groups in total. The molecule has 2 atom stereocenters. The van der Waals surface area contributed by atoms with Crippen molar-refractivity contribution in [2.75, 3.05) is 32.1 Å². The van der Waals surface area contributed by atoms with Crippen molar-refractivity contribution >= 4 is 11.8 Å². The highest BCUT2D eigenvalue weighted by atomic mass is 32.2. The normalized spacial score (nSPS) is 22.9. The summed E-state index contributed by atoms with van der Waals surface area (Å²) >= 11 is 2.07. The number of hydrogen-bond acceptors (Lipinski definition) is 3. The van der Waals surface area contributed by atoms with Gasteiger partial charge in [0.2, 0.25) is 0 Å². The van der Waals surface area contributed by atoms with E-state index in [0.717, 1.165) is 6.42 Å². The van der Waals surface area contributed by atoms with Gasteiger partial charge in [0.05, 0.1) is 0 Å². The van der Waals surface area contributed by atoms with Crippen LogP contribution < -0.4 is 5.32 Å². The van der Waals surface area contributed by atoms with E-state index in [0.29, 0.717) is 12.1 Å². The fraction of sp³-hybridized carbons (Fsp3) is 0.600. The highest BCUT2D eigenvalue weighted by molar-refractivity contribution is 7.99. The van der Waals surface area contributed by atoms with Crippen molar-refractivity contribution in [2.24, 2.45) is 0 Å². The fourth-order valence-electron chi connectivity index (χ4n) is 2.60. The zero-order chi connectivity index (χ0) is 13.0. The van der Waals surface area contributed by atoms with Gasteiger partial charge < -0.3 is 5.32 Å². The molecule has 1 heterocycles. The second-order valence-electron chi connectivity index (χ2n) is 4.98. The van der Waals surface area contributed by atoms with E-state index in [4.69, 9.17) is 0 Å². The third kappa shape index (κ3) is 3.08. The monoisotopic (exact) mass is 264 g/mol. The third-order valence-corrected chi connectivity index (χ3v) is 4.93. The maximum Gasteiger partial charge on any atom is 0.0483 e. The first-order valence-electron chi connectivity index (χ1n) is 6.80. The minimum atomic E-state index is 0.439. The lowest BCUT2D eigenvalue weighted by Gasteiger charge is -2.38. The Balaban J connectivity index is 2.15. The zero-order valence-electron chi connectivity index (χ0n) is 11.6. The van der Waals surface area contributed by atoms with E-state index < -0.39 is 0 Å². The summed E-state index contributed by atoms with van der Waals surface area (Å²) in [6, 6.07) is 10.1. The summed E-state index contributed by atoms with van der Waals surface area (Å²) in [7, 11) is 4.32. The molecule has 1 aromatic rings. The molecule has 18 heavy (non-hydrogen) atoms. The van der Waals surface area contributed by atoms with E-state index in [1.165, 1.54) is 29.2 Å². The SMILES string of the molecule is CCc1ccc(C(NC)C2CSCCN2C)cc1. The Bertz CT molecular complexity index is 363. The summed E-state index contributed by atoms with van der Waals surface area (Å²) in [6.07, 6.45) is 1.11. The summed E-state index contributed by atoms with van der Waals surface area (Å²) < 4.78 is 0. The second-order valence-corrected chi connectivity index (χ2v) is 6.13. The molecule has 2 nitrogen and oxygen atoms in total. The fourth-order valence-corrected chi connectivity index (χ4v) is 3.87. The van der Waals surface area contributed by atoms with Gasteiger partial charge >= 0.3 is 0 Å². The van der Waals surface area contributed by atoms with Crippen LogP contribution in [0.5, 0.6) is 0 Å². The van der Waals surface area contributed by atoms with Crippen molar-refractivity contribution in [2.45, 2.75) is 25.4 Å². The highest BCUT2D eigenvalue weighted by Gasteiger charge is 2.27. The Labute approximate surface area is 115 Å². The van der Waals surface area contributed by atoms with Crippen molar-refractivity contribution in [3.05, 3.63) is 35.4 Å². The van der Waals surface area contributed by atoms with Crippen molar-refractivity contribution in [1.29, 1.82) is 0 Å². The molecule has 0 radical (unpaired) electrons. The van der Waals surface area contributed by atoms with Crippen molar-refractivity contribution < 1.29 is 0 Å². The van der Waals surface area contributed by atoms with Crippen molar-refractivity contribution in [3.63, 3.8) is 0 Å². The number of nitrogens with zero attached hydrogens (tertiary/aromatic N) is 1. The van der Waals surface area contributed by atoms with Crippen LogP contribution in [0.2, 0.25) is 0 Å². The lowest BCUT2D eigenvalue weighted by molar-refractivity contribution is 0.221. The Morgan fingerprint density at radius 2 is 2.11 bits per heavy atom. The average Bonchev–Trinajstić information content (AvgIpc) is 2.42. The first-order chi connectivity index (χ1) is 8.76. The van der Waals surface area contributed by atoms with Gasteiger partial charge in [-0.05, 0) is 31.6 Å². The van der Waals surface area contributed by atoms with Gasteiger partial charge in [-0.3, -0.25) is 4.90 Å². The number of thioether (sulfide) groups is 1. The van der Waals surface area contributed by atoms with E-state index >= 15 is 0 Å². The minimum Gasteiger partial charge on any atom is -0.312 e. The third-order valence-electron chi connectivity index (χ3n) is 3.89. The Kier molecular flexibility index (Phi) is 5.10. The first-order valence-corrected chi connectivity index (χ1v) is 7.95. The number of nitrogens with one attached hydrogen (secondary N) is 1. The van der Waals surface area contributed by atoms with E-state index in [9.17, 15) is 0 Å². The molecule has 1 saturated heterocycles. The number of hydrogen-bond donors (Lipinski definition) is 1. The Morgan fingerprint density at radius 1 is 1.39 bits per heavy atom. The smallest absolute Gasteiger partial charge is 0.0483 e. The molecule has 100 valence electrons. The summed E-state index contributed by atoms with van der Waals surface area (Å²) in [5.41, 5.74) is 2.83. The molecular weight excluding hydrogens is 240 g/mol. The van der Waals surface area contributed by atoms with Gasteiger partial charge in [0.15, 0.2) is 0 Å². The van der Waals surface area contributed by atoms with Crippen LogP contribution in [0.25, 0.3) is 0 Å². The van der Waals surface area contributed by atoms with Gasteiger partial charge in [-0.1, -0.05) is 31.2 Å². The maximum atomic E-state index is 3.50. The molecule has 1 aromatic carbocycles. The maximum absolute atomic E-state index is 3.50. The predicted molar refractivity (Wildman–Crippen MR) is 81.4 cm³/mol. The van der Waals surface area contributed by atoms with Gasteiger partial charge in [0.1, 0.15) is 0 Å². The van der Waals surface area contributed by atoms with E-state index in [2.05, 4.69) is 67.3 Å². The first kappa shape index (κ1) is 13.9. The molecule has 0 bridgehead atoms. The number of likely N-dealkylation sites (N-methyl/N-ethyl adjacent to an activating group) is 2. The summed E-state index contributed by atoms with van der Waals surface area (Å²) in [5, 5.41) is 3.50. The molecule has 1 aliphatic rings. The lowest BCUT2D eigenvalue weighted by atomic mass is 9.97. The molecule has 1 fully saturated rings. The molecule has 0 spiro atoms. The molecule has 3 heteroatoms. The largest absolute Gasteiger partial charge is 0.312 e. The summed E-state index contributed by atoms with van der Waals surface area (Å²) in [4.78, 5) is 2.49. The molecule has 2 unspecified atom stereocenters. The van der Waals surface area contributed by atoms with Gasteiger partial charge in [-0.2, -0.15) is 11.8 Å². The molecule has 2 rings (SSSR count). The van der Waals surface area contributed by atoms with Crippen LogP contribution in [0.4, 0.5) is 0 Å². The van der Waals surface area contributed by atoms with Gasteiger partial charge in [-0.25, -0.2) is 0 Å². The van der Waals surface area contributed by atoms with E-state index in [1.54, 1.807) is 0 Å². The second kappa shape index (κ2) is 6.60. The molecule has 0 aliphatic carbocycles. The minimum absolute atomic E-state index is 0.439. The summed E-state index contributed by atoms with van der Waals surface area (Å²) in [6.45, 7) is 3.40. The standard InChI is InChI=1S/C15H24N2S/c1-4-12-5-7-13(8-6-12)15(16-2)14-11-18-10-9-17(14)3/h5-8,14-16H,4,9-11H2,1-3H3. The van der Waals surface area contributed by atoms with E-state index in [-0.39, 0.29) is 0 Å². The zero-order valence-corrected chi connectivity index (χ0v) is 12.5. The van der Waals surface area contributed by atoms with Crippen LogP contribution >= 0.6 is 11.8 Å². The predicted octanol–water partition coefficient (Wildman–Crippen LogP) is 2.56. The van der Waals surface area contributed by atoms with Crippen molar-refractivity contribution in [1.82, 2.24) is 10.2 Å². The number of benzene rings is 1. The van der Waals surface area contributed by atoms with Crippen LogP contribution in [-0.4, -0.2) is 43.1 Å².